The Morgan fingerprint density at radius 1 is 1.18 bits per heavy atom. The Kier molecular flexibility index (Phi) is 5.38. The minimum Gasteiger partial charge on any atom is -0.342 e. The number of allylic oxidation sites excluding steroid dienone is 1. The van der Waals surface area contributed by atoms with Crippen LogP contribution >= 0.6 is 11.3 Å². The van der Waals surface area contributed by atoms with E-state index in [1.54, 1.807) is 16.9 Å². The van der Waals surface area contributed by atoms with Crippen LogP contribution < -0.4 is 0 Å². The predicted molar refractivity (Wildman–Crippen MR) is 136 cm³/mol. The van der Waals surface area contributed by atoms with Gasteiger partial charge in [0.25, 0.3) is 0 Å². The highest BCUT2D eigenvalue weighted by atomic mass is 32.1. The van der Waals surface area contributed by atoms with Crippen molar-refractivity contribution in [3.63, 3.8) is 0 Å². The van der Waals surface area contributed by atoms with Gasteiger partial charge in [-0.05, 0) is 122 Å². The van der Waals surface area contributed by atoms with E-state index in [1.807, 2.05) is 0 Å². The van der Waals surface area contributed by atoms with Crippen molar-refractivity contribution in [2.45, 2.75) is 83.7 Å². The first-order valence-corrected chi connectivity index (χ1v) is 14.4. The zero-order chi connectivity index (χ0) is 23.0. The Balaban J connectivity index is 1.19. The average Bonchev–Trinajstić information content (AvgIpc) is 3.49. The zero-order valence-corrected chi connectivity index (χ0v) is 21.9. The Bertz CT molecular complexity index is 939. The van der Waals surface area contributed by atoms with Crippen LogP contribution in [0.1, 0.15) is 70.8 Å². The molecule has 4 aliphatic carbocycles. The van der Waals surface area contributed by atoms with E-state index in [4.69, 9.17) is 0 Å². The summed E-state index contributed by atoms with van der Waals surface area (Å²) in [5, 5.41) is 4.18. The first-order valence-electron chi connectivity index (χ1n) is 13.5. The number of fused-ring (bicyclic) bond motifs is 4. The normalized spacial score (nSPS) is 44.4. The fraction of sp³-hybridized carbons (Fsp3) is 0.759. The van der Waals surface area contributed by atoms with Crippen LogP contribution in [0.25, 0.3) is 0 Å². The van der Waals surface area contributed by atoms with Crippen LogP contribution in [0.2, 0.25) is 0 Å². The molecule has 0 N–H and O–H groups in total. The van der Waals surface area contributed by atoms with Crippen LogP contribution in [0.4, 0.5) is 0 Å². The molecule has 1 unspecified atom stereocenters. The Morgan fingerprint density at radius 3 is 2.79 bits per heavy atom. The van der Waals surface area contributed by atoms with E-state index >= 15 is 0 Å². The molecule has 1 aromatic heterocycles. The van der Waals surface area contributed by atoms with Gasteiger partial charge in [0.2, 0.25) is 5.91 Å². The van der Waals surface area contributed by atoms with E-state index in [1.165, 1.54) is 51.5 Å². The van der Waals surface area contributed by atoms with Gasteiger partial charge in [-0.2, -0.15) is 11.3 Å². The number of carbonyl (C=O) groups is 1. The lowest BCUT2D eigenvalue weighted by atomic mass is 9.47. The molecule has 3 nitrogen and oxygen atoms in total. The van der Waals surface area contributed by atoms with Crippen molar-refractivity contribution in [3.05, 3.63) is 34.0 Å². The molecule has 5 aliphatic rings. The SMILES string of the molecule is C[C@H]1[C@H]2CC[C@H]3[C@@H]4CC=C5C[C@@H](N(C)C(=O)Cc6ccsc6)CC[C@]5(C)C4CC[C@]23CN1C. The molecule has 1 saturated heterocycles. The largest absolute Gasteiger partial charge is 0.342 e. The number of hydrogen-bond acceptors (Lipinski definition) is 3. The van der Waals surface area contributed by atoms with Gasteiger partial charge in [-0.1, -0.05) is 18.6 Å². The number of carbonyl (C=O) groups excluding carboxylic acids is 1. The number of likely N-dealkylation sites (N-methyl/N-ethyl adjacent to an activating group) is 1. The standard InChI is InChI=1S/C29H42N2OS/c1-19-24-7-8-26-23-6-5-21-16-22(31(4)27(32)15-20-11-14-33-17-20)9-12-28(21,2)25(23)10-13-29(24,26)18-30(19)3/h5,11,14,17,19,22-26H,6-10,12-13,15-16,18H2,1-4H3/t19-,22-,23+,24+,25?,26-,28-,29-/m0/s1. The van der Waals surface area contributed by atoms with Crippen molar-refractivity contribution >= 4 is 17.2 Å². The smallest absolute Gasteiger partial charge is 0.227 e. The maximum atomic E-state index is 13.0. The van der Waals surface area contributed by atoms with E-state index in [2.05, 4.69) is 60.6 Å². The highest BCUT2D eigenvalue weighted by molar-refractivity contribution is 7.08. The van der Waals surface area contributed by atoms with Crippen LogP contribution in [-0.2, 0) is 11.2 Å². The molecule has 1 spiro atoms. The summed E-state index contributed by atoms with van der Waals surface area (Å²) in [4.78, 5) is 17.7. The minimum atomic E-state index is 0.285. The fourth-order valence-corrected chi connectivity index (χ4v) is 10.3. The lowest BCUT2D eigenvalue weighted by Crippen LogP contribution is -2.53. The van der Waals surface area contributed by atoms with Crippen molar-refractivity contribution in [2.75, 3.05) is 20.6 Å². The number of likely N-dealkylation sites (tertiary alicyclic amines) is 1. The molecule has 3 saturated carbocycles. The van der Waals surface area contributed by atoms with Gasteiger partial charge < -0.3 is 9.80 Å². The second kappa shape index (κ2) is 7.95. The molecule has 180 valence electrons. The van der Waals surface area contributed by atoms with Crippen LogP contribution in [-0.4, -0.2) is 48.4 Å². The quantitative estimate of drug-likeness (QED) is 0.509. The van der Waals surface area contributed by atoms with Crippen molar-refractivity contribution < 1.29 is 4.79 Å². The summed E-state index contributed by atoms with van der Waals surface area (Å²) in [7, 11) is 4.42. The molecule has 2 heterocycles. The molecule has 1 amide bonds. The molecule has 1 aromatic rings. The fourth-order valence-electron chi connectivity index (χ4n) is 9.67. The van der Waals surface area contributed by atoms with Gasteiger partial charge in [0.1, 0.15) is 0 Å². The lowest BCUT2D eigenvalue weighted by Gasteiger charge is -2.58. The van der Waals surface area contributed by atoms with E-state index in [0.29, 0.717) is 23.3 Å². The summed E-state index contributed by atoms with van der Waals surface area (Å²) < 4.78 is 0. The maximum absolute atomic E-state index is 13.0. The number of hydrogen-bond donors (Lipinski definition) is 0. The monoisotopic (exact) mass is 466 g/mol. The molecule has 0 bridgehead atoms. The second-order valence-electron chi connectivity index (χ2n) is 12.6. The highest BCUT2D eigenvalue weighted by Crippen LogP contribution is 2.68. The number of rotatable bonds is 3. The maximum Gasteiger partial charge on any atom is 0.227 e. The highest BCUT2D eigenvalue weighted by Gasteiger charge is 2.64. The van der Waals surface area contributed by atoms with Gasteiger partial charge in [0.05, 0.1) is 6.42 Å². The van der Waals surface area contributed by atoms with Crippen molar-refractivity contribution in [3.8, 4) is 0 Å². The van der Waals surface area contributed by atoms with E-state index in [0.717, 1.165) is 41.7 Å². The topological polar surface area (TPSA) is 23.6 Å². The van der Waals surface area contributed by atoms with Crippen molar-refractivity contribution in [2.24, 2.45) is 34.5 Å². The van der Waals surface area contributed by atoms with Gasteiger partial charge in [-0.15, -0.1) is 0 Å². The summed E-state index contributed by atoms with van der Waals surface area (Å²) in [5.41, 5.74) is 3.84. The van der Waals surface area contributed by atoms with Gasteiger partial charge in [0.15, 0.2) is 0 Å². The molecule has 4 fully saturated rings. The van der Waals surface area contributed by atoms with E-state index in [9.17, 15) is 4.79 Å². The summed E-state index contributed by atoms with van der Waals surface area (Å²) in [5.74, 6) is 3.92. The molecule has 8 atom stereocenters. The molecular formula is C29H42N2OS. The number of amides is 1. The van der Waals surface area contributed by atoms with Crippen molar-refractivity contribution in [1.29, 1.82) is 0 Å². The Hall–Kier alpha value is -1.13. The van der Waals surface area contributed by atoms with E-state index < -0.39 is 0 Å². The molecular weight excluding hydrogens is 424 g/mol. The molecule has 1 aliphatic heterocycles. The third-order valence-corrected chi connectivity index (χ3v) is 12.3. The summed E-state index contributed by atoms with van der Waals surface area (Å²) in [6.07, 6.45) is 13.9. The van der Waals surface area contributed by atoms with Gasteiger partial charge in [-0.3, -0.25) is 4.79 Å². The zero-order valence-electron chi connectivity index (χ0n) is 21.1. The summed E-state index contributed by atoms with van der Waals surface area (Å²) >= 11 is 1.68. The molecule has 4 heteroatoms. The van der Waals surface area contributed by atoms with Crippen LogP contribution in [0, 0.1) is 34.5 Å². The van der Waals surface area contributed by atoms with Crippen molar-refractivity contribution in [1.82, 2.24) is 9.80 Å². The molecule has 6 rings (SSSR count). The summed E-state index contributed by atoms with van der Waals surface area (Å²) in [6.45, 7) is 6.44. The van der Waals surface area contributed by atoms with E-state index in [-0.39, 0.29) is 5.91 Å². The number of nitrogens with zero attached hydrogens (tertiary/aromatic N) is 2. The van der Waals surface area contributed by atoms with Gasteiger partial charge in [0, 0.05) is 25.7 Å². The third-order valence-electron chi connectivity index (χ3n) is 11.6. The first kappa shape index (κ1) is 22.3. The summed E-state index contributed by atoms with van der Waals surface area (Å²) in [6, 6.07) is 3.24. The lowest BCUT2D eigenvalue weighted by molar-refractivity contribution is -0.132. The Morgan fingerprint density at radius 2 is 2.00 bits per heavy atom. The van der Waals surface area contributed by atoms with Crippen LogP contribution in [0.3, 0.4) is 0 Å². The van der Waals surface area contributed by atoms with Crippen LogP contribution in [0.5, 0.6) is 0 Å². The third kappa shape index (κ3) is 3.26. The Labute approximate surface area is 204 Å². The average molecular weight is 467 g/mol. The predicted octanol–water partition coefficient (Wildman–Crippen LogP) is 6.01. The van der Waals surface area contributed by atoms with Crippen LogP contribution in [0.15, 0.2) is 28.5 Å². The number of thiophene rings is 1. The first-order chi connectivity index (χ1) is 15.8. The van der Waals surface area contributed by atoms with Gasteiger partial charge in [-0.25, -0.2) is 0 Å². The molecule has 0 radical (unpaired) electrons. The molecule has 33 heavy (non-hydrogen) atoms. The second-order valence-corrected chi connectivity index (χ2v) is 13.4. The minimum absolute atomic E-state index is 0.285. The molecule has 0 aromatic carbocycles. The van der Waals surface area contributed by atoms with Gasteiger partial charge >= 0.3 is 0 Å².